The Balaban J connectivity index is 1.61. The van der Waals surface area contributed by atoms with Crippen molar-refractivity contribution < 1.29 is 9.21 Å². The molecule has 0 radical (unpaired) electrons. The van der Waals surface area contributed by atoms with Gasteiger partial charge in [0.05, 0.1) is 0 Å². The number of amides is 1. The monoisotopic (exact) mass is 271 g/mol. The van der Waals surface area contributed by atoms with Crippen molar-refractivity contribution in [2.24, 2.45) is 11.8 Å². The highest BCUT2D eigenvalue weighted by molar-refractivity contribution is 5.95. The molecule has 5 heteroatoms. The largest absolute Gasteiger partial charge is 0.449 e. The molecule has 0 aromatic carbocycles. The van der Waals surface area contributed by atoms with Crippen LogP contribution in [0.15, 0.2) is 22.6 Å². The number of nitrogens with zero attached hydrogens (tertiary/aromatic N) is 2. The molecule has 2 aliphatic heterocycles. The van der Waals surface area contributed by atoms with E-state index in [1.807, 2.05) is 24.0 Å². The summed E-state index contributed by atoms with van der Waals surface area (Å²) in [6, 6.07) is 5.53. The van der Waals surface area contributed by atoms with Crippen LogP contribution in [-0.2, 0) is 0 Å². The lowest BCUT2D eigenvalue weighted by molar-refractivity contribution is 0.0752. The van der Waals surface area contributed by atoms with Crippen LogP contribution in [0.1, 0.15) is 16.2 Å². The Kier molecular flexibility index (Phi) is 2.57. The fourth-order valence-electron chi connectivity index (χ4n) is 3.31. The molecule has 20 heavy (non-hydrogen) atoms. The van der Waals surface area contributed by atoms with Crippen LogP contribution in [0.4, 0.5) is 0 Å². The van der Waals surface area contributed by atoms with Gasteiger partial charge in [0.1, 0.15) is 5.52 Å². The molecule has 0 aliphatic carbocycles. The van der Waals surface area contributed by atoms with Crippen molar-refractivity contribution >= 4 is 17.0 Å². The Morgan fingerprint density at radius 1 is 1.35 bits per heavy atom. The number of hydrogen-bond donors (Lipinski definition) is 1. The Bertz CT molecular complexity index is 667. The molecule has 4 rings (SSSR count). The van der Waals surface area contributed by atoms with Crippen molar-refractivity contribution in [2.75, 3.05) is 26.2 Å². The van der Waals surface area contributed by atoms with Crippen LogP contribution in [0.2, 0.25) is 0 Å². The number of aromatic nitrogens is 1. The predicted molar refractivity (Wildman–Crippen MR) is 74.5 cm³/mol. The molecule has 0 unspecified atom stereocenters. The highest BCUT2D eigenvalue weighted by Gasteiger charge is 2.39. The van der Waals surface area contributed by atoms with Crippen molar-refractivity contribution in [1.29, 1.82) is 0 Å². The van der Waals surface area contributed by atoms with Crippen LogP contribution in [0.5, 0.6) is 0 Å². The fraction of sp³-hybridized carbons (Fsp3) is 0.467. The Morgan fingerprint density at radius 3 is 2.85 bits per heavy atom. The third-order valence-corrected chi connectivity index (χ3v) is 4.40. The number of likely N-dealkylation sites (tertiary alicyclic amines) is 1. The lowest BCUT2D eigenvalue weighted by atomic mass is 10.0. The minimum Gasteiger partial charge on any atom is -0.449 e. The second-order valence-corrected chi connectivity index (χ2v) is 5.84. The SMILES string of the molecule is Cc1ccc2oc(C(=O)N3C[C@H]4CNC[C@H]4C3)cc2n1. The molecule has 0 bridgehead atoms. The molecule has 4 heterocycles. The van der Waals surface area contributed by atoms with Crippen LogP contribution >= 0.6 is 0 Å². The molecular weight excluding hydrogens is 254 g/mol. The zero-order valence-electron chi connectivity index (χ0n) is 11.4. The van der Waals surface area contributed by atoms with Crippen LogP contribution < -0.4 is 5.32 Å². The summed E-state index contributed by atoms with van der Waals surface area (Å²) in [5.74, 6) is 1.61. The third kappa shape index (κ3) is 1.81. The van der Waals surface area contributed by atoms with Crippen LogP contribution in [0.25, 0.3) is 11.1 Å². The summed E-state index contributed by atoms with van der Waals surface area (Å²) < 4.78 is 5.65. The molecule has 104 valence electrons. The minimum atomic E-state index is -0.00458. The fourth-order valence-corrected chi connectivity index (χ4v) is 3.31. The number of rotatable bonds is 1. The van der Waals surface area contributed by atoms with E-state index in [1.165, 1.54) is 0 Å². The smallest absolute Gasteiger partial charge is 0.289 e. The second kappa shape index (κ2) is 4.31. The number of carbonyl (C=O) groups is 1. The second-order valence-electron chi connectivity index (χ2n) is 5.84. The van der Waals surface area contributed by atoms with Crippen molar-refractivity contribution in [2.45, 2.75) is 6.92 Å². The van der Waals surface area contributed by atoms with Gasteiger partial charge in [-0.3, -0.25) is 4.79 Å². The lowest BCUT2D eigenvalue weighted by Gasteiger charge is -2.15. The first-order valence-corrected chi connectivity index (χ1v) is 7.08. The summed E-state index contributed by atoms with van der Waals surface area (Å²) in [5, 5.41) is 3.38. The zero-order valence-corrected chi connectivity index (χ0v) is 11.4. The van der Waals surface area contributed by atoms with E-state index in [4.69, 9.17) is 4.42 Å². The number of fused-ring (bicyclic) bond motifs is 2. The van der Waals surface area contributed by atoms with E-state index in [2.05, 4.69) is 10.3 Å². The minimum absolute atomic E-state index is 0.00458. The molecule has 2 aliphatic rings. The van der Waals surface area contributed by atoms with Crippen molar-refractivity contribution in [3.8, 4) is 0 Å². The van der Waals surface area contributed by atoms with Gasteiger partial charge in [-0.15, -0.1) is 0 Å². The van der Waals surface area contributed by atoms with Gasteiger partial charge < -0.3 is 14.6 Å². The molecule has 2 aromatic rings. The van der Waals surface area contributed by atoms with Crippen LogP contribution in [-0.4, -0.2) is 42.0 Å². The van der Waals surface area contributed by atoms with Crippen LogP contribution in [0, 0.1) is 18.8 Å². The predicted octanol–water partition coefficient (Wildman–Crippen LogP) is 1.43. The van der Waals surface area contributed by atoms with Crippen molar-refractivity contribution in [3.63, 3.8) is 0 Å². The summed E-state index contributed by atoms with van der Waals surface area (Å²) in [6.45, 7) is 5.65. The highest BCUT2D eigenvalue weighted by atomic mass is 16.3. The normalized spacial score (nSPS) is 25.4. The first-order chi connectivity index (χ1) is 9.70. The highest BCUT2D eigenvalue weighted by Crippen LogP contribution is 2.28. The van der Waals surface area contributed by atoms with Gasteiger partial charge in [-0.25, -0.2) is 4.98 Å². The van der Waals surface area contributed by atoms with E-state index in [0.29, 0.717) is 23.2 Å². The number of carbonyl (C=O) groups excluding carboxylic acids is 1. The maximum atomic E-state index is 12.5. The summed E-state index contributed by atoms with van der Waals surface area (Å²) >= 11 is 0. The molecule has 2 fully saturated rings. The van der Waals surface area contributed by atoms with Gasteiger partial charge >= 0.3 is 0 Å². The topological polar surface area (TPSA) is 58.4 Å². The number of nitrogens with one attached hydrogen (secondary N) is 1. The molecule has 2 saturated heterocycles. The maximum Gasteiger partial charge on any atom is 0.289 e. The van der Waals surface area contributed by atoms with Gasteiger partial charge in [0, 0.05) is 37.9 Å². The van der Waals surface area contributed by atoms with E-state index in [0.717, 1.165) is 37.4 Å². The van der Waals surface area contributed by atoms with E-state index < -0.39 is 0 Å². The number of hydrogen-bond acceptors (Lipinski definition) is 4. The van der Waals surface area contributed by atoms with Gasteiger partial charge in [-0.05, 0) is 30.9 Å². The van der Waals surface area contributed by atoms with E-state index in [9.17, 15) is 4.79 Å². The number of furan rings is 1. The first kappa shape index (κ1) is 11.9. The quantitative estimate of drug-likeness (QED) is 0.852. The number of aryl methyl sites for hydroxylation is 1. The van der Waals surface area contributed by atoms with Gasteiger partial charge in [0.15, 0.2) is 11.3 Å². The standard InChI is InChI=1S/C15H17N3O2/c1-9-2-3-13-12(17-9)4-14(20-13)15(19)18-7-10-5-16-6-11(10)8-18/h2-4,10-11,16H,5-8H2,1H3/t10-,11+. The average molecular weight is 271 g/mol. The van der Waals surface area contributed by atoms with Gasteiger partial charge in [-0.1, -0.05) is 0 Å². The Hall–Kier alpha value is -1.88. The molecule has 2 atom stereocenters. The summed E-state index contributed by atoms with van der Waals surface area (Å²) in [4.78, 5) is 18.8. The van der Waals surface area contributed by atoms with E-state index in [-0.39, 0.29) is 5.91 Å². The Labute approximate surface area is 117 Å². The molecule has 1 amide bonds. The zero-order chi connectivity index (χ0) is 13.7. The third-order valence-electron chi connectivity index (χ3n) is 4.40. The molecular formula is C15H17N3O2. The summed E-state index contributed by atoms with van der Waals surface area (Å²) in [6.07, 6.45) is 0. The molecule has 5 nitrogen and oxygen atoms in total. The van der Waals surface area contributed by atoms with Gasteiger partial charge in [0.2, 0.25) is 0 Å². The maximum absolute atomic E-state index is 12.5. The first-order valence-electron chi connectivity index (χ1n) is 7.08. The Morgan fingerprint density at radius 2 is 2.10 bits per heavy atom. The molecule has 0 saturated carbocycles. The number of pyridine rings is 1. The van der Waals surface area contributed by atoms with E-state index in [1.54, 1.807) is 6.07 Å². The average Bonchev–Trinajstić information content (AvgIpc) is 3.10. The van der Waals surface area contributed by atoms with Crippen molar-refractivity contribution in [3.05, 3.63) is 29.7 Å². The summed E-state index contributed by atoms with van der Waals surface area (Å²) in [7, 11) is 0. The van der Waals surface area contributed by atoms with E-state index >= 15 is 0 Å². The molecule has 2 aromatic heterocycles. The summed E-state index contributed by atoms with van der Waals surface area (Å²) in [5.41, 5.74) is 2.37. The van der Waals surface area contributed by atoms with Gasteiger partial charge in [-0.2, -0.15) is 0 Å². The molecule has 0 spiro atoms. The lowest BCUT2D eigenvalue weighted by Crippen LogP contribution is -2.31. The van der Waals surface area contributed by atoms with Crippen LogP contribution in [0.3, 0.4) is 0 Å². The molecule has 1 N–H and O–H groups in total. The van der Waals surface area contributed by atoms with Gasteiger partial charge in [0.25, 0.3) is 5.91 Å². The van der Waals surface area contributed by atoms with Crippen molar-refractivity contribution in [1.82, 2.24) is 15.2 Å².